The molecule has 0 aromatic heterocycles. The second-order valence-electron chi connectivity index (χ2n) is 24.1. The van der Waals surface area contributed by atoms with Gasteiger partial charge in [-0.25, -0.2) is 9.13 Å². The molecular weight excluding hydrogens is 1330 g/mol. The Kier molecular flexibility index (Phi) is 68.8. The van der Waals surface area contributed by atoms with E-state index >= 15 is 0 Å². The molecule has 0 rings (SSSR count). The monoisotopic (exact) mass is 1460 g/mol. The molecule has 0 fully saturated rings. The minimum atomic E-state index is -5.03. The van der Waals surface area contributed by atoms with Crippen molar-refractivity contribution in [2.45, 2.75) is 264 Å². The van der Waals surface area contributed by atoms with Crippen LogP contribution >= 0.6 is 15.6 Å². The average Bonchev–Trinajstić information content (AvgIpc) is 0.924. The van der Waals surface area contributed by atoms with Crippen molar-refractivity contribution in [3.63, 3.8) is 0 Å². The number of aliphatic hydroxyl groups is 1. The zero-order chi connectivity index (χ0) is 74.6. The Bertz CT molecular complexity index is 2700. The first-order chi connectivity index (χ1) is 49.7. The highest BCUT2D eigenvalue weighted by molar-refractivity contribution is 7.47. The Labute approximate surface area is 615 Å². The average molecular weight is 1460 g/mol. The van der Waals surface area contributed by atoms with Crippen molar-refractivity contribution in [2.75, 3.05) is 39.6 Å². The molecule has 5 atom stereocenters. The van der Waals surface area contributed by atoms with E-state index in [4.69, 9.17) is 37.0 Å². The number of ether oxygens (including phenoxy) is 4. The van der Waals surface area contributed by atoms with Gasteiger partial charge in [0.2, 0.25) is 0 Å². The van der Waals surface area contributed by atoms with Gasteiger partial charge in [0, 0.05) is 19.3 Å². The molecule has 0 aliphatic heterocycles. The Hall–Kier alpha value is -6.10. The lowest BCUT2D eigenvalue weighted by molar-refractivity contribution is -0.161. The third-order valence-corrected chi connectivity index (χ3v) is 16.5. The SMILES string of the molecule is CC/C=C\C/C=C\C/C=C\C/C=C\C/C=C\C/C=C\CCC(=O)OCC(COP(=O)(O)OCC(O)COP(=O)(O)OCC(COC(=O)CCCCCCC/C=C\C/C=C\C/C=C\CC)OC(=O)CCCCCCC/C=C\C/C=C\CCC)OC(=O)C/C=C\C/C=C\C/C=C\C/C=C\C/C=C\CC. The fourth-order valence-corrected chi connectivity index (χ4v) is 10.5. The Morgan fingerprint density at radius 1 is 0.294 bits per heavy atom. The van der Waals surface area contributed by atoms with Gasteiger partial charge < -0.3 is 33.8 Å². The van der Waals surface area contributed by atoms with Crippen LogP contribution in [0.2, 0.25) is 0 Å². The van der Waals surface area contributed by atoms with Crippen molar-refractivity contribution in [2.24, 2.45) is 0 Å². The summed E-state index contributed by atoms with van der Waals surface area (Å²) in [4.78, 5) is 72.8. The first-order valence-corrected chi connectivity index (χ1v) is 40.7. The largest absolute Gasteiger partial charge is 0.472 e. The van der Waals surface area contributed by atoms with E-state index < -0.39 is 97.5 Å². The summed E-state index contributed by atoms with van der Waals surface area (Å²) in [6.45, 7) is 4.18. The maximum atomic E-state index is 13.1. The van der Waals surface area contributed by atoms with Crippen molar-refractivity contribution in [1.29, 1.82) is 0 Å². The van der Waals surface area contributed by atoms with Crippen LogP contribution in [0.15, 0.2) is 194 Å². The molecular formula is C83H130O17P2. The molecule has 0 bridgehead atoms. The van der Waals surface area contributed by atoms with Crippen LogP contribution in [0.5, 0.6) is 0 Å². The normalized spacial score (nSPS) is 15.0. The van der Waals surface area contributed by atoms with Crippen LogP contribution in [-0.4, -0.2) is 96.7 Å². The van der Waals surface area contributed by atoms with Gasteiger partial charge in [-0.1, -0.05) is 267 Å². The lowest BCUT2D eigenvalue weighted by atomic mass is 10.1. The predicted octanol–water partition coefficient (Wildman–Crippen LogP) is 21.8. The molecule has 19 heteroatoms. The minimum absolute atomic E-state index is 0.00816. The Balaban J connectivity index is 5.53. The molecule has 0 aliphatic rings. The molecule has 0 spiro atoms. The van der Waals surface area contributed by atoms with Crippen LogP contribution in [0.4, 0.5) is 0 Å². The molecule has 102 heavy (non-hydrogen) atoms. The van der Waals surface area contributed by atoms with Gasteiger partial charge in [-0.3, -0.25) is 37.3 Å². The summed E-state index contributed by atoms with van der Waals surface area (Å²) < 4.78 is 68.2. The number of carbonyl (C=O) groups is 4. The van der Waals surface area contributed by atoms with Gasteiger partial charge in [0.1, 0.15) is 19.3 Å². The highest BCUT2D eigenvalue weighted by atomic mass is 31.2. The summed E-state index contributed by atoms with van der Waals surface area (Å²) in [5, 5.41) is 10.6. The van der Waals surface area contributed by atoms with E-state index in [-0.39, 0.29) is 25.7 Å². The fraction of sp³-hybridized carbons (Fsp3) is 0.566. The maximum absolute atomic E-state index is 13.1. The minimum Gasteiger partial charge on any atom is -0.462 e. The van der Waals surface area contributed by atoms with Crippen molar-refractivity contribution in [1.82, 2.24) is 0 Å². The molecule has 3 N–H and O–H groups in total. The summed E-state index contributed by atoms with van der Waals surface area (Å²) in [5.74, 6) is -2.48. The zero-order valence-corrected chi connectivity index (χ0v) is 64.2. The van der Waals surface area contributed by atoms with Crippen LogP contribution in [0.3, 0.4) is 0 Å². The smallest absolute Gasteiger partial charge is 0.462 e. The molecule has 0 radical (unpaired) electrons. The van der Waals surface area contributed by atoms with E-state index in [1.54, 1.807) is 12.2 Å². The van der Waals surface area contributed by atoms with Crippen LogP contribution in [0, 0.1) is 0 Å². The second kappa shape index (κ2) is 73.2. The van der Waals surface area contributed by atoms with E-state index in [1.807, 2.05) is 30.4 Å². The van der Waals surface area contributed by atoms with Crippen LogP contribution < -0.4 is 0 Å². The number of phosphoric acid groups is 2. The molecule has 0 aromatic rings. The number of esters is 4. The molecule has 0 saturated heterocycles. The van der Waals surface area contributed by atoms with E-state index in [1.165, 1.54) is 0 Å². The highest BCUT2D eigenvalue weighted by Gasteiger charge is 2.30. The summed E-state index contributed by atoms with van der Waals surface area (Å²) in [6.07, 6.45) is 89.1. The van der Waals surface area contributed by atoms with Crippen molar-refractivity contribution < 1.29 is 80.2 Å². The molecule has 574 valence electrons. The van der Waals surface area contributed by atoms with Crippen molar-refractivity contribution in [3.8, 4) is 0 Å². The molecule has 17 nitrogen and oxygen atoms in total. The summed E-state index contributed by atoms with van der Waals surface area (Å²) >= 11 is 0. The van der Waals surface area contributed by atoms with Gasteiger partial charge in [0.25, 0.3) is 0 Å². The number of carbonyl (C=O) groups excluding carboxylic acids is 4. The first kappa shape index (κ1) is 95.9. The molecule has 0 saturated carbocycles. The van der Waals surface area contributed by atoms with Crippen molar-refractivity contribution >= 4 is 39.5 Å². The maximum Gasteiger partial charge on any atom is 0.472 e. The van der Waals surface area contributed by atoms with Crippen molar-refractivity contribution in [3.05, 3.63) is 194 Å². The summed E-state index contributed by atoms with van der Waals surface area (Å²) in [5.41, 5.74) is 0. The molecule has 0 amide bonds. The predicted molar refractivity (Wildman–Crippen MR) is 417 cm³/mol. The number of rotatable bonds is 68. The molecule has 0 aliphatic carbocycles. The number of unbranched alkanes of at least 4 members (excludes halogenated alkanes) is 11. The quantitative estimate of drug-likeness (QED) is 0.0169. The lowest BCUT2D eigenvalue weighted by Gasteiger charge is -2.21. The lowest BCUT2D eigenvalue weighted by Crippen LogP contribution is -2.30. The van der Waals surface area contributed by atoms with E-state index in [9.17, 15) is 43.2 Å². The topological polar surface area (TPSA) is 237 Å². The van der Waals surface area contributed by atoms with Gasteiger partial charge in [-0.2, -0.15) is 0 Å². The third kappa shape index (κ3) is 72.3. The summed E-state index contributed by atoms with van der Waals surface area (Å²) in [6, 6.07) is 0. The first-order valence-electron chi connectivity index (χ1n) is 37.7. The van der Waals surface area contributed by atoms with Crippen LogP contribution in [0.1, 0.15) is 246 Å². The van der Waals surface area contributed by atoms with E-state index in [2.05, 4.69) is 180 Å². The van der Waals surface area contributed by atoms with Gasteiger partial charge in [-0.15, -0.1) is 0 Å². The number of phosphoric ester groups is 2. The number of aliphatic hydroxyl groups excluding tert-OH is 1. The van der Waals surface area contributed by atoms with E-state index in [0.717, 1.165) is 161 Å². The standard InChI is InChI=1S/C83H130O17P2/c1-5-9-13-17-21-25-29-33-36-37-38-39-42-45-48-52-56-60-64-68-81(86)94-74-79(100-83(88)70-66-62-58-54-50-46-41-35-31-27-23-19-15-11-7-3)76-98-102(91,92)96-72-77(84)71-95-101(89,90)97-75-78(99-82(87)69-65-61-57-53-49-43-32-28-24-20-16-12-8-4)73-93-80(85)67-63-59-55-51-47-44-40-34-30-26-22-18-14-10-6-2/h9-11,13-16,20-23,25-28,32-36,38-41,45,48,50,54,56,60,62,66,77-79,84H,5-8,12,17-19,24,29-31,37,42-44,46-47,49,51-53,55,57-59,61,63-65,67-76H2,1-4H3,(H,89,90)(H,91,92)/b13-9-,14-10-,15-11-,20-16-,25-21-,26-22-,27-23-,32-28-,36-33-,39-38-,40-34-,41-35-,48-45-,54-50-,60-56-,66-62-. The highest BCUT2D eigenvalue weighted by Crippen LogP contribution is 2.45. The zero-order valence-electron chi connectivity index (χ0n) is 62.4. The number of hydrogen-bond acceptors (Lipinski definition) is 15. The van der Waals surface area contributed by atoms with Gasteiger partial charge in [-0.05, 0) is 148 Å². The third-order valence-electron chi connectivity index (χ3n) is 14.6. The van der Waals surface area contributed by atoms with Crippen LogP contribution in [0.25, 0.3) is 0 Å². The number of allylic oxidation sites excluding steroid dienone is 31. The molecule has 0 aromatic carbocycles. The fourth-order valence-electron chi connectivity index (χ4n) is 8.96. The summed E-state index contributed by atoms with van der Waals surface area (Å²) in [7, 11) is -10.0. The molecule has 5 unspecified atom stereocenters. The Morgan fingerprint density at radius 3 is 0.931 bits per heavy atom. The molecule has 0 heterocycles. The number of hydrogen-bond donors (Lipinski definition) is 3. The second-order valence-corrected chi connectivity index (χ2v) is 27.0. The van der Waals surface area contributed by atoms with E-state index in [0.29, 0.717) is 32.1 Å². The van der Waals surface area contributed by atoms with Gasteiger partial charge >= 0.3 is 39.5 Å². The van der Waals surface area contributed by atoms with Gasteiger partial charge in [0.15, 0.2) is 12.2 Å². The van der Waals surface area contributed by atoms with Crippen LogP contribution in [-0.2, 0) is 65.4 Å². The Morgan fingerprint density at radius 2 is 0.569 bits per heavy atom. The van der Waals surface area contributed by atoms with Gasteiger partial charge in [0.05, 0.1) is 32.8 Å².